The van der Waals surface area contributed by atoms with Crippen LogP contribution < -0.4 is 4.74 Å². The van der Waals surface area contributed by atoms with Crippen LogP contribution in [0.15, 0.2) is 12.4 Å². The molecule has 1 aromatic rings. The molecule has 92 valence electrons. The first-order valence-corrected chi connectivity index (χ1v) is 6.11. The molecule has 0 spiro atoms. The second kappa shape index (κ2) is 5.25. The van der Waals surface area contributed by atoms with E-state index >= 15 is 0 Å². The van der Waals surface area contributed by atoms with E-state index in [0.717, 1.165) is 31.6 Å². The maximum Gasteiger partial charge on any atom is 0.243 e. The summed E-state index contributed by atoms with van der Waals surface area (Å²) in [5.74, 6) is 1.26. The Morgan fingerprint density at radius 1 is 1.24 bits per heavy atom. The van der Waals surface area contributed by atoms with Crippen LogP contribution in [-0.2, 0) is 0 Å². The molecule has 4 nitrogen and oxygen atoms in total. The number of methoxy groups -OCH3 is 1. The standard InChI is InChI=1S/C13H18N2O2/c1-9-3-5-10(6-4-9)12(16)11-13(17-2)15-8-7-14-11/h7-10H,3-6H2,1-2H3. The molecule has 1 heterocycles. The number of aromatic nitrogens is 2. The number of ketones is 1. The summed E-state index contributed by atoms with van der Waals surface area (Å²) >= 11 is 0. The van der Waals surface area contributed by atoms with Gasteiger partial charge in [-0.15, -0.1) is 0 Å². The number of rotatable bonds is 3. The summed E-state index contributed by atoms with van der Waals surface area (Å²) in [6, 6.07) is 0. The highest BCUT2D eigenvalue weighted by Gasteiger charge is 2.28. The highest BCUT2D eigenvalue weighted by atomic mass is 16.5. The fourth-order valence-electron chi connectivity index (χ4n) is 2.36. The average molecular weight is 234 g/mol. The topological polar surface area (TPSA) is 52.1 Å². The Kier molecular flexibility index (Phi) is 3.71. The normalized spacial score (nSPS) is 24.4. The summed E-state index contributed by atoms with van der Waals surface area (Å²) in [6.07, 6.45) is 7.25. The summed E-state index contributed by atoms with van der Waals surface area (Å²) < 4.78 is 5.08. The molecule has 2 rings (SSSR count). The van der Waals surface area contributed by atoms with Crippen LogP contribution in [0.2, 0.25) is 0 Å². The third-order valence-electron chi connectivity index (χ3n) is 3.48. The molecule has 0 unspecified atom stereocenters. The van der Waals surface area contributed by atoms with E-state index in [4.69, 9.17) is 4.74 Å². The third kappa shape index (κ3) is 2.62. The Labute approximate surface area is 101 Å². The molecule has 0 bridgehead atoms. The maximum atomic E-state index is 12.3. The minimum absolute atomic E-state index is 0.0850. The number of Topliss-reactive ketones (excluding diaryl/α,β-unsaturated/α-hetero) is 1. The van der Waals surface area contributed by atoms with Crippen molar-refractivity contribution in [1.82, 2.24) is 9.97 Å². The average Bonchev–Trinajstić information content (AvgIpc) is 2.39. The van der Waals surface area contributed by atoms with Gasteiger partial charge in [-0.1, -0.05) is 19.8 Å². The van der Waals surface area contributed by atoms with Gasteiger partial charge in [-0.05, 0) is 18.8 Å². The number of ether oxygens (including phenoxy) is 1. The quantitative estimate of drug-likeness (QED) is 0.754. The van der Waals surface area contributed by atoms with Crippen LogP contribution in [0.3, 0.4) is 0 Å². The monoisotopic (exact) mass is 234 g/mol. The summed E-state index contributed by atoms with van der Waals surface area (Å²) in [4.78, 5) is 20.4. The zero-order valence-corrected chi connectivity index (χ0v) is 10.3. The largest absolute Gasteiger partial charge is 0.479 e. The smallest absolute Gasteiger partial charge is 0.243 e. The predicted molar refractivity (Wildman–Crippen MR) is 64.0 cm³/mol. The van der Waals surface area contributed by atoms with Crippen molar-refractivity contribution in [3.05, 3.63) is 18.1 Å². The van der Waals surface area contributed by atoms with E-state index in [-0.39, 0.29) is 11.7 Å². The van der Waals surface area contributed by atoms with E-state index < -0.39 is 0 Å². The molecule has 1 fully saturated rings. The number of nitrogens with zero attached hydrogens (tertiary/aromatic N) is 2. The molecule has 0 aliphatic heterocycles. The van der Waals surface area contributed by atoms with E-state index in [1.54, 1.807) is 12.4 Å². The summed E-state index contributed by atoms with van der Waals surface area (Å²) in [5, 5.41) is 0. The minimum Gasteiger partial charge on any atom is -0.479 e. The molecule has 0 radical (unpaired) electrons. The molecule has 1 saturated carbocycles. The van der Waals surface area contributed by atoms with Crippen LogP contribution in [0.4, 0.5) is 0 Å². The van der Waals surface area contributed by atoms with Gasteiger partial charge in [0.25, 0.3) is 0 Å². The lowest BCUT2D eigenvalue weighted by Gasteiger charge is -2.24. The van der Waals surface area contributed by atoms with Gasteiger partial charge in [0.15, 0.2) is 11.5 Å². The van der Waals surface area contributed by atoms with Crippen molar-refractivity contribution in [3.63, 3.8) is 0 Å². The van der Waals surface area contributed by atoms with Crippen molar-refractivity contribution >= 4 is 5.78 Å². The maximum absolute atomic E-state index is 12.3. The van der Waals surface area contributed by atoms with Crippen molar-refractivity contribution in [2.45, 2.75) is 32.6 Å². The van der Waals surface area contributed by atoms with Gasteiger partial charge in [0, 0.05) is 18.3 Å². The fourth-order valence-corrected chi connectivity index (χ4v) is 2.36. The number of hydrogen-bond donors (Lipinski definition) is 0. The minimum atomic E-state index is 0.0850. The molecular formula is C13H18N2O2. The van der Waals surface area contributed by atoms with E-state index in [1.807, 2.05) is 0 Å². The second-order valence-electron chi connectivity index (χ2n) is 4.74. The number of carbonyl (C=O) groups is 1. The van der Waals surface area contributed by atoms with Crippen molar-refractivity contribution < 1.29 is 9.53 Å². The van der Waals surface area contributed by atoms with Crippen LogP contribution in [0.25, 0.3) is 0 Å². The van der Waals surface area contributed by atoms with Crippen molar-refractivity contribution in [2.75, 3.05) is 7.11 Å². The zero-order valence-electron chi connectivity index (χ0n) is 10.3. The molecule has 0 amide bonds. The van der Waals surface area contributed by atoms with Gasteiger partial charge < -0.3 is 4.74 Å². The fraction of sp³-hybridized carbons (Fsp3) is 0.615. The molecule has 0 atom stereocenters. The summed E-state index contributed by atoms with van der Waals surface area (Å²) in [7, 11) is 1.52. The highest BCUT2D eigenvalue weighted by molar-refractivity contribution is 5.97. The zero-order chi connectivity index (χ0) is 12.3. The number of hydrogen-bond acceptors (Lipinski definition) is 4. The van der Waals surface area contributed by atoms with Crippen LogP contribution in [-0.4, -0.2) is 22.9 Å². The molecule has 0 N–H and O–H groups in total. The van der Waals surface area contributed by atoms with Crippen molar-refractivity contribution in [2.24, 2.45) is 11.8 Å². The van der Waals surface area contributed by atoms with Gasteiger partial charge in [0.1, 0.15) is 0 Å². The van der Waals surface area contributed by atoms with Gasteiger partial charge in [-0.3, -0.25) is 4.79 Å². The molecule has 1 aliphatic carbocycles. The molecule has 1 aliphatic rings. The lowest BCUT2D eigenvalue weighted by molar-refractivity contribution is 0.0866. The molecule has 0 saturated heterocycles. The highest BCUT2D eigenvalue weighted by Crippen LogP contribution is 2.31. The van der Waals surface area contributed by atoms with Crippen LogP contribution >= 0.6 is 0 Å². The first-order valence-electron chi connectivity index (χ1n) is 6.11. The lowest BCUT2D eigenvalue weighted by atomic mass is 9.80. The third-order valence-corrected chi connectivity index (χ3v) is 3.48. The first-order chi connectivity index (χ1) is 8.22. The molecular weight excluding hydrogens is 216 g/mol. The van der Waals surface area contributed by atoms with E-state index in [0.29, 0.717) is 11.6 Å². The summed E-state index contributed by atoms with van der Waals surface area (Å²) in [5.41, 5.74) is 0.384. The SMILES string of the molecule is COc1nccnc1C(=O)C1CCC(C)CC1. The van der Waals surface area contributed by atoms with E-state index in [2.05, 4.69) is 16.9 Å². The van der Waals surface area contributed by atoms with Gasteiger partial charge >= 0.3 is 0 Å². The van der Waals surface area contributed by atoms with Crippen LogP contribution in [0.5, 0.6) is 5.88 Å². The lowest BCUT2D eigenvalue weighted by Crippen LogP contribution is -2.22. The van der Waals surface area contributed by atoms with Gasteiger partial charge in [-0.2, -0.15) is 0 Å². The Balaban J connectivity index is 2.14. The summed E-state index contributed by atoms with van der Waals surface area (Å²) in [6.45, 7) is 2.24. The van der Waals surface area contributed by atoms with Crippen LogP contribution in [0, 0.1) is 11.8 Å². The van der Waals surface area contributed by atoms with E-state index in [1.165, 1.54) is 7.11 Å². The van der Waals surface area contributed by atoms with Crippen LogP contribution in [0.1, 0.15) is 43.1 Å². The van der Waals surface area contributed by atoms with Crippen molar-refractivity contribution in [1.29, 1.82) is 0 Å². The van der Waals surface area contributed by atoms with Gasteiger partial charge in [0.05, 0.1) is 7.11 Å². The molecule has 17 heavy (non-hydrogen) atoms. The van der Waals surface area contributed by atoms with Gasteiger partial charge in [-0.25, -0.2) is 9.97 Å². The van der Waals surface area contributed by atoms with Crippen molar-refractivity contribution in [3.8, 4) is 5.88 Å². The second-order valence-corrected chi connectivity index (χ2v) is 4.74. The Bertz CT molecular complexity index is 398. The first kappa shape index (κ1) is 12.0. The Morgan fingerprint density at radius 2 is 1.88 bits per heavy atom. The van der Waals surface area contributed by atoms with E-state index in [9.17, 15) is 4.79 Å². The Morgan fingerprint density at radius 3 is 2.53 bits per heavy atom. The van der Waals surface area contributed by atoms with Gasteiger partial charge in [0.2, 0.25) is 5.88 Å². The number of carbonyl (C=O) groups excluding carboxylic acids is 1. The molecule has 4 heteroatoms. The predicted octanol–water partition coefficient (Wildman–Crippen LogP) is 2.49. The molecule has 1 aromatic heterocycles. The molecule has 0 aromatic carbocycles. The Hall–Kier alpha value is -1.45.